The van der Waals surface area contributed by atoms with Crippen LogP contribution in [0, 0.1) is 0 Å². The lowest BCUT2D eigenvalue weighted by Crippen LogP contribution is -2.13. The van der Waals surface area contributed by atoms with Gasteiger partial charge in [0.15, 0.2) is 0 Å². The first-order chi connectivity index (χ1) is 13.7. The van der Waals surface area contributed by atoms with Crippen molar-refractivity contribution in [2.45, 2.75) is 78.1 Å². The zero-order valence-electron chi connectivity index (χ0n) is 17.4. The highest BCUT2D eigenvalue weighted by atomic mass is 16.7. The fourth-order valence-corrected chi connectivity index (χ4v) is 3.19. The normalized spacial score (nSPS) is 10.6. The van der Waals surface area contributed by atoms with Crippen molar-refractivity contribution < 1.29 is 14.3 Å². The third-order valence-corrected chi connectivity index (χ3v) is 4.98. The molecule has 0 unspecified atom stereocenters. The van der Waals surface area contributed by atoms with Gasteiger partial charge in [0.05, 0.1) is 0 Å². The molecule has 0 spiro atoms. The molecular formula is C25H34O3. The van der Waals surface area contributed by atoms with Crippen LogP contribution in [0.5, 0.6) is 11.5 Å². The summed E-state index contributed by atoms with van der Waals surface area (Å²) in [4.78, 5) is 11.9. The Bertz CT molecular complexity index is 674. The van der Waals surface area contributed by atoms with E-state index in [2.05, 4.69) is 13.8 Å². The molecule has 2 aromatic rings. The van der Waals surface area contributed by atoms with E-state index in [9.17, 15) is 4.79 Å². The van der Waals surface area contributed by atoms with Crippen LogP contribution in [0.2, 0.25) is 0 Å². The molecule has 0 bridgehead atoms. The molecule has 2 aromatic carbocycles. The van der Waals surface area contributed by atoms with Gasteiger partial charge in [-0.1, -0.05) is 83.1 Å². The Balaban J connectivity index is 1.65. The molecule has 0 N–H and O–H groups in total. The molecule has 3 heteroatoms. The number of ether oxygens (including phenoxy) is 2. The van der Waals surface area contributed by atoms with Gasteiger partial charge in [0.1, 0.15) is 11.5 Å². The second-order valence-corrected chi connectivity index (χ2v) is 7.32. The summed E-state index contributed by atoms with van der Waals surface area (Å²) in [7, 11) is 0. The van der Waals surface area contributed by atoms with Gasteiger partial charge in [0.25, 0.3) is 0 Å². The molecular weight excluding hydrogens is 348 g/mol. The van der Waals surface area contributed by atoms with Gasteiger partial charge in [-0.3, -0.25) is 0 Å². The number of benzene rings is 2. The van der Waals surface area contributed by atoms with Crippen LogP contribution in [-0.2, 0) is 12.8 Å². The quantitative estimate of drug-likeness (QED) is 0.216. The largest absolute Gasteiger partial charge is 0.519 e. The molecule has 0 heterocycles. The van der Waals surface area contributed by atoms with E-state index in [1.807, 2.05) is 36.4 Å². The number of aryl methyl sites for hydroxylation is 2. The molecule has 152 valence electrons. The summed E-state index contributed by atoms with van der Waals surface area (Å²) >= 11 is 0. The number of hydrogen-bond donors (Lipinski definition) is 0. The van der Waals surface area contributed by atoms with Crippen molar-refractivity contribution in [2.24, 2.45) is 0 Å². The number of carbonyl (C=O) groups is 1. The van der Waals surface area contributed by atoms with Crippen LogP contribution in [0.4, 0.5) is 4.79 Å². The summed E-state index contributed by atoms with van der Waals surface area (Å²) in [5, 5.41) is 0. The highest BCUT2D eigenvalue weighted by Crippen LogP contribution is 2.18. The van der Waals surface area contributed by atoms with Crippen LogP contribution < -0.4 is 9.47 Å². The van der Waals surface area contributed by atoms with Gasteiger partial charge < -0.3 is 9.47 Å². The molecule has 2 rings (SSSR count). The van der Waals surface area contributed by atoms with Crippen LogP contribution in [0.1, 0.15) is 76.3 Å². The maximum atomic E-state index is 11.9. The Morgan fingerprint density at radius 2 is 1.11 bits per heavy atom. The van der Waals surface area contributed by atoms with Crippen molar-refractivity contribution in [1.29, 1.82) is 0 Å². The van der Waals surface area contributed by atoms with E-state index >= 15 is 0 Å². The van der Waals surface area contributed by atoms with Gasteiger partial charge in [0, 0.05) is 0 Å². The fraction of sp³-hybridized carbons (Fsp3) is 0.480. The number of hydrogen-bond acceptors (Lipinski definition) is 3. The van der Waals surface area contributed by atoms with E-state index in [1.165, 1.54) is 62.5 Å². The summed E-state index contributed by atoms with van der Waals surface area (Å²) in [6.07, 6.45) is 11.9. The van der Waals surface area contributed by atoms with Crippen molar-refractivity contribution >= 4 is 6.16 Å². The van der Waals surface area contributed by atoms with Gasteiger partial charge in [-0.2, -0.15) is 0 Å². The molecule has 0 aliphatic rings. The maximum absolute atomic E-state index is 11.9. The summed E-state index contributed by atoms with van der Waals surface area (Å²) in [5.74, 6) is 1.00. The van der Waals surface area contributed by atoms with Crippen LogP contribution in [0.3, 0.4) is 0 Å². The molecule has 0 fully saturated rings. The van der Waals surface area contributed by atoms with Gasteiger partial charge in [0.2, 0.25) is 0 Å². The van der Waals surface area contributed by atoms with Crippen molar-refractivity contribution in [2.75, 3.05) is 0 Å². The topological polar surface area (TPSA) is 35.5 Å². The van der Waals surface area contributed by atoms with Crippen LogP contribution >= 0.6 is 0 Å². The lowest BCUT2D eigenvalue weighted by atomic mass is 10.0. The average Bonchev–Trinajstić information content (AvgIpc) is 2.72. The molecule has 0 aliphatic heterocycles. The average molecular weight is 383 g/mol. The Morgan fingerprint density at radius 1 is 0.643 bits per heavy atom. The van der Waals surface area contributed by atoms with Crippen molar-refractivity contribution in [3.05, 3.63) is 59.7 Å². The first-order valence-electron chi connectivity index (χ1n) is 10.8. The molecule has 0 amide bonds. The Labute approximate surface area is 170 Å². The first-order valence-corrected chi connectivity index (χ1v) is 10.8. The predicted octanol–water partition coefficient (Wildman–Crippen LogP) is 7.51. The summed E-state index contributed by atoms with van der Waals surface area (Å²) in [6, 6.07) is 15.2. The maximum Gasteiger partial charge on any atom is 0.519 e. The highest BCUT2D eigenvalue weighted by Gasteiger charge is 2.08. The van der Waals surface area contributed by atoms with Crippen molar-refractivity contribution in [3.63, 3.8) is 0 Å². The summed E-state index contributed by atoms with van der Waals surface area (Å²) < 4.78 is 10.5. The molecule has 0 aliphatic carbocycles. The van der Waals surface area contributed by atoms with Crippen LogP contribution in [0.25, 0.3) is 0 Å². The van der Waals surface area contributed by atoms with Gasteiger partial charge in [-0.15, -0.1) is 0 Å². The SMILES string of the molecule is CCCCCCCCCCc1ccc(OC(=O)Oc2ccc(CC)cc2)cc1. The standard InChI is InChI=1S/C25H34O3/c1-3-5-6-7-8-9-10-11-12-22-15-19-24(20-16-22)28-25(26)27-23-17-13-21(4-2)14-18-23/h13-20H,3-12H2,1-2H3. The second-order valence-electron chi connectivity index (χ2n) is 7.32. The van der Waals surface area contributed by atoms with Crippen molar-refractivity contribution in [1.82, 2.24) is 0 Å². The lowest BCUT2D eigenvalue weighted by Gasteiger charge is -2.07. The van der Waals surface area contributed by atoms with E-state index < -0.39 is 6.16 Å². The Morgan fingerprint density at radius 3 is 1.61 bits per heavy atom. The number of unbranched alkanes of at least 4 members (excludes halogenated alkanes) is 7. The molecule has 0 radical (unpaired) electrons. The molecule has 0 saturated heterocycles. The minimum atomic E-state index is -0.708. The van der Waals surface area contributed by atoms with E-state index in [4.69, 9.17) is 9.47 Å². The third-order valence-electron chi connectivity index (χ3n) is 4.98. The van der Waals surface area contributed by atoms with Gasteiger partial charge in [-0.05, 0) is 54.7 Å². The molecule has 28 heavy (non-hydrogen) atoms. The summed E-state index contributed by atoms with van der Waals surface area (Å²) in [5.41, 5.74) is 2.48. The smallest absolute Gasteiger partial charge is 0.395 e. The van der Waals surface area contributed by atoms with Gasteiger partial charge >= 0.3 is 6.16 Å². The zero-order chi connectivity index (χ0) is 20.0. The second kappa shape index (κ2) is 13.0. The first kappa shape index (κ1) is 22.0. The van der Waals surface area contributed by atoms with Crippen LogP contribution in [0.15, 0.2) is 48.5 Å². The van der Waals surface area contributed by atoms with E-state index in [0.717, 1.165) is 12.8 Å². The minimum Gasteiger partial charge on any atom is -0.395 e. The predicted molar refractivity (Wildman–Crippen MR) is 115 cm³/mol. The molecule has 3 nitrogen and oxygen atoms in total. The van der Waals surface area contributed by atoms with Crippen LogP contribution in [-0.4, -0.2) is 6.16 Å². The summed E-state index contributed by atoms with van der Waals surface area (Å²) in [6.45, 7) is 4.34. The Hall–Kier alpha value is -2.29. The molecule has 0 saturated carbocycles. The lowest BCUT2D eigenvalue weighted by molar-refractivity contribution is 0.152. The van der Waals surface area contributed by atoms with Crippen molar-refractivity contribution in [3.8, 4) is 11.5 Å². The monoisotopic (exact) mass is 382 g/mol. The highest BCUT2D eigenvalue weighted by molar-refractivity contribution is 5.67. The third kappa shape index (κ3) is 8.60. The molecule has 0 atom stereocenters. The number of rotatable bonds is 12. The zero-order valence-corrected chi connectivity index (χ0v) is 17.4. The van der Waals surface area contributed by atoms with Gasteiger partial charge in [-0.25, -0.2) is 4.79 Å². The van der Waals surface area contributed by atoms with E-state index in [-0.39, 0.29) is 0 Å². The minimum absolute atomic E-state index is 0.494. The van der Waals surface area contributed by atoms with E-state index in [1.54, 1.807) is 12.1 Å². The Kier molecular flexibility index (Phi) is 10.2. The molecule has 0 aromatic heterocycles. The van der Waals surface area contributed by atoms with E-state index in [0.29, 0.717) is 11.5 Å². The number of carbonyl (C=O) groups excluding carboxylic acids is 1. The fourth-order valence-electron chi connectivity index (χ4n) is 3.19.